The third-order valence-corrected chi connectivity index (χ3v) is 3.77. The van der Waals surface area contributed by atoms with Crippen LogP contribution in [0.1, 0.15) is 43.0 Å². The van der Waals surface area contributed by atoms with Crippen LogP contribution in [0.15, 0.2) is 33.8 Å². The van der Waals surface area contributed by atoms with Gasteiger partial charge in [-0.1, -0.05) is 35.3 Å². The molecule has 1 fully saturated rings. The van der Waals surface area contributed by atoms with Crippen LogP contribution >= 0.6 is 15.9 Å². The number of carbonyl (C=O) groups is 1. The summed E-state index contributed by atoms with van der Waals surface area (Å²) in [6.07, 6.45) is 4.61. The molecule has 4 heteroatoms. The first-order valence-corrected chi connectivity index (χ1v) is 7.08. The number of rotatable bonds is 2. The molecule has 1 amide bonds. The van der Waals surface area contributed by atoms with Crippen molar-refractivity contribution in [1.29, 1.82) is 0 Å². The molecule has 1 atom stereocenters. The Balaban J connectivity index is 2.01. The van der Waals surface area contributed by atoms with Gasteiger partial charge in [-0.15, -0.1) is 0 Å². The van der Waals surface area contributed by atoms with E-state index in [2.05, 4.69) is 33.4 Å². The first-order chi connectivity index (χ1) is 8.66. The minimum atomic E-state index is -0.151. The summed E-state index contributed by atoms with van der Waals surface area (Å²) in [6.45, 7) is 2.17. The van der Waals surface area contributed by atoms with Gasteiger partial charge in [-0.05, 0) is 43.4 Å². The molecule has 0 saturated heterocycles. The Labute approximate surface area is 116 Å². The first kappa shape index (κ1) is 13.3. The highest BCUT2D eigenvalue weighted by Crippen LogP contribution is 2.20. The maximum absolute atomic E-state index is 11.9. The van der Waals surface area contributed by atoms with Crippen LogP contribution in [-0.2, 0) is 0 Å². The van der Waals surface area contributed by atoms with Crippen molar-refractivity contribution >= 4 is 27.5 Å². The predicted molar refractivity (Wildman–Crippen MR) is 76.7 cm³/mol. The smallest absolute Gasteiger partial charge is 0.267 e. The van der Waals surface area contributed by atoms with Crippen molar-refractivity contribution in [3.05, 3.63) is 34.3 Å². The summed E-state index contributed by atoms with van der Waals surface area (Å²) in [7, 11) is 0. The Morgan fingerprint density at radius 2 is 2.28 bits per heavy atom. The number of benzene rings is 1. The van der Waals surface area contributed by atoms with E-state index in [4.69, 9.17) is 0 Å². The summed E-state index contributed by atoms with van der Waals surface area (Å²) >= 11 is 3.35. The predicted octanol–water partition coefficient (Wildman–Crippen LogP) is 3.75. The maximum Gasteiger partial charge on any atom is 0.271 e. The van der Waals surface area contributed by atoms with Crippen molar-refractivity contribution in [3.63, 3.8) is 0 Å². The fourth-order valence-corrected chi connectivity index (χ4v) is 2.55. The van der Waals surface area contributed by atoms with E-state index in [-0.39, 0.29) is 5.91 Å². The molecule has 0 spiro atoms. The van der Waals surface area contributed by atoms with Crippen molar-refractivity contribution in [3.8, 4) is 0 Å². The number of amides is 1. The van der Waals surface area contributed by atoms with Gasteiger partial charge in [0.1, 0.15) is 0 Å². The number of halogens is 1. The summed E-state index contributed by atoms with van der Waals surface area (Å²) in [4.78, 5) is 11.9. The van der Waals surface area contributed by atoms with E-state index in [1.807, 2.05) is 12.1 Å². The standard InChI is InChI=1S/C14H17BrN2O/c1-10-5-2-3-8-13(10)16-17-14(18)11-6-4-7-12(15)9-11/h4,6-7,9-10H,2-3,5,8H2,1H3,(H,17,18)/b16-13+. The minimum absolute atomic E-state index is 0.151. The van der Waals surface area contributed by atoms with Crippen molar-refractivity contribution < 1.29 is 4.79 Å². The second-order valence-corrected chi connectivity index (χ2v) is 5.62. The van der Waals surface area contributed by atoms with E-state index in [1.54, 1.807) is 12.1 Å². The molecule has 1 aliphatic carbocycles. The fourth-order valence-electron chi connectivity index (χ4n) is 2.15. The lowest BCUT2D eigenvalue weighted by molar-refractivity contribution is 0.0954. The first-order valence-electron chi connectivity index (χ1n) is 6.29. The van der Waals surface area contributed by atoms with Gasteiger partial charge in [0, 0.05) is 15.7 Å². The zero-order valence-electron chi connectivity index (χ0n) is 10.4. The van der Waals surface area contributed by atoms with Gasteiger partial charge in [-0.25, -0.2) is 5.43 Å². The second kappa shape index (κ2) is 6.14. The lowest BCUT2D eigenvalue weighted by Gasteiger charge is -2.19. The number of nitrogens with zero attached hydrogens (tertiary/aromatic N) is 1. The van der Waals surface area contributed by atoms with Crippen LogP contribution in [0.5, 0.6) is 0 Å². The van der Waals surface area contributed by atoms with Gasteiger partial charge in [-0.2, -0.15) is 5.10 Å². The third-order valence-electron chi connectivity index (χ3n) is 3.28. The number of hydrazone groups is 1. The molecular weight excluding hydrogens is 292 g/mol. The molecule has 0 bridgehead atoms. The van der Waals surface area contributed by atoms with Crippen LogP contribution in [-0.4, -0.2) is 11.6 Å². The van der Waals surface area contributed by atoms with Crippen LogP contribution < -0.4 is 5.43 Å². The molecule has 3 nitrogen and oxygen atoms in total. The summed E-state index contributed by atoms with van der Waals surface area (Å²) in [5.41, 5.74) is 4.39. The fraction of sp³-hybridized carbons (Fsp3) is 0.429. The van der Waals surface area contributed by atoms with E-state index >= 15 is 0 Å². The largest absolute Gasteiger partial charge is 0.271 e. The monoisotopic (exact) mass is 308 g/mol. The molecule has 0 aromatic heterocycles. The van der Waals surface area contributed by atoms with Gasteiger partial charge < -0.3 is 0 Å². The SMILES string of the molecule is CC1CCCC/C1=N\NC(=O)c1cccc(Br)c1. The third kappa shape index (κ3) is 3.42. The van der Waals surface area contributed by atoms with Gasteiger partial charge in [0.15, 0.2) is 0 Å². The average molecular weight is 309 g/mol. The van der Waals surface area contributed by atoms with Crippen molar-refractivity contribution in [2.45, 2.75) is 32.6 Å². The van der Waals surface area contributed by atoms with Crippen molar-refractivity contribution in [1.82, 2.24) is 5.43 Å². The molecule has 1 aromatic carbocycles. The molecule has 0 heterocycles. The normalized spacial score (nSPS) is 21.9. The molecule has 1 aromatic rings. The molecule has 18 heavy (non-hydrogen) atoms. The zero-order valence-corrected chi connectivity index (χ0v) is 12.0. The summed E-state index contributed by atoms with van der Waals surface area (Å²) in [5, 5.41) is 4.27. The van der Waals surface area contributed by atoms with Gasteiger partial charge >= 0.3 is 0 Å². The van der Waals surface area contributed by atoms with Gasteiger partial charge in [0.25, 0.3) is 5.91 Å². The van der Waals surface area contributed by atoms with Crippen LogP contribution in [0.4, 0.5) is 0 Å². The van der Waals surface area contributed by atoms with E-state index in [1.165, 1.54) is 19.3 Å². The van der Waals surface area contributed by atoms with E-state index < -0.39 is 0 Å². The Bertz CT molecular complexity index is 471. The van der Waals surface area contributed by atoms with Crippen LogP contribution in [0, 0.1) is 5.92 Å². The molecule has 0 aliphatic heterocycles. The maximum atomic E-state index is 11.9. The summed E-state index contributed by atoms with van der Waals surface area (Å²) in [6, 6.07) is 7.31. The van der Waals surface area contributed by atoms with Crippen LogP contribution in [0.2, 0.25) is 0 Å². The lowest BCUT2D eigenvalue weighted by Crippen LogP contribution is -2.24. The average Bonchev–Trinajstić information content (AvgIpc) is 2.37. The second-order valence-electron chi connectivity index (χ2n) is 4.70. The number of carbonyl (C=O) groups excluding carboxylic acids is 1. The Morgan fingerprint density at radius 1 is 1.44 bits per heavy atom. The quantitative estimate of drug-likeness (QED) is 0.831. The highest BCUT2D eigenvalue weighted by atomic mass is 79.9. The molecule has 2 rings (SSSR count). The van der Waals surface area contributed by atoms with Gasteiger partial charge in [-0.3, -0.25) is 4.79 Å². The van der Waals surface area contributed by atoms with Crippen LogP contribution in [0.3, 0.4) is 0 Å². The topological polar surface area (TPSA) is 41.5 Å². The molecule has 0 radical (unpaired) electrons. The zero-order chi connectivity index (χ0) is 13.0. The van der Waals surface area contributed by atoms with Gasteiger partial charge in [0.2, 0.25) is 0 Å². The van der Waals surface area contributed by atoms with E-state index in [0.717, 1.165) is 16.6 Å². The molecular formula is C14H17BrN2O. The van der Waals surface area contributed by atoms with Crippen molar-refractivity contribution in [2.75, 3.05) is 0 Å². The Morgan fingerprint density at radius 3 is 3.00 bits per heavy atom. The number of hydrogen-bond donors (Lipinski definition) is 1. The van der Waals surface area contributed by atoms with E-state index in [9.17, 15) is 4.79 Å². The van der Waals surface area contributed by atoms with Crippen LogP contribution in [0.25, 0.3) is 0 Å². The van der Waals surface area contributed by atoms with Crippen molar-refractivity contribution in [2.24, 2.45) is 11.0 Å². The Kier molecular flexibility index (Phi) is 4.53. The molecule has 96 valence electrons. The molecule has 1 saturated carbocycles. The number of hydrogen-bond acceptors (Lipinski definition) is 2. The van der Waals surface area contributed by atoms with E-state index in [0.29, 0.717) is 11.5 Å². The minimum Gasteiger partial charge on any atom is -0.267 e. The molecule has 1 N–H and O–H groups in total. The molecule has 1 unspecified atom stereocenters. The summed E-state index contributed by atoms with van der Waals surface area (Å²) in [5.74, 6) is 0.336. The highest BCUT2D eigenvalue weighted by molar-refractivity contribution is 9.10. The summed E-state index contributed by atoms with van der Waals surface area (Å²) < 4.78 is 0.897. The van der Waals surface area contributed by atoms with Gasteiger partial charge in [0.05, 0.1) is 0 Å². The lowest BCUT2D eigenvalue weighted by atomic mass is 9.89. The molecule has 1 aliphatic rings. The number of nitrogens with one attached hydrogen (secondary N) is 1. The Hall–Kier alpha value is -1.16. The highest BCUT2D eigenvalue weighted by Gasteiger charge is 2.16.